The Hall–Kier alpha value is -3.63. The van der Waals surface area contributed by atoms with Crippen molar-refractivity contribution in [3.8, 4) is 5.75 Å². The summed E-state index contributed by atoms with van der Waals surface area (Å²) in [6.07, 6.45) is 5.17. The molecule has 11 heteroatoms. The minimum atomic E-state index is -3.20. The number of pyridine rings is 1. The summed E-state index contributed by atoms with van der Waals surface area (Å²) in [6.45, 7) is 3.77. The van der Waals surface area contributed by atoms with Crippen molar-refractivity contribution in [2.75, 3.05) is 10.6 Å². The van der Waals surface area contributed by atoms with Crippen LogP contribution in [0.5, 0.6) is 5.75 Å². The van der Waals surface area contributed by atoms with Gasteiger partial charge in [0.05, 0.1) is 18.1 Å². The number of amides is 1. The number of aromatic nitrogens is 4. The SMILES string of the molecule is CC(=O)Nc1cc(Nc2cc(C)nc(C(C)(F)F)n2)c(OCc2cnc(C3CC3)o2)cn1. The van der Waals surface area contributed by atoms with Crippen molar-refractivity contribution in [2.45, 2.75) is 52.1 Å². The van der Waals surface area contributed by atoms with Crippen LogP contribution in [-0.2, 0) is 17.3 Å². The third-order valence-corrected chi connectivity index (χ3v) is 4.55. The summed E-state index contributed by atoms with van der Waals surface area (Å²) in [7, 11) is 0. The molecule has 0 bridgehead atoms. The highest BCUT2D eigenvalue weighted by Crippen LogP contribution is 2.39. The van der Waals surface area contributed by atoms with Crippen molar-refractivity contribution in [3.05, 3.63) is 47.7 Å². The van der Waals surface area contributed by atoms with Crippen LogP contribution in [-0.4, -0.2) is 25.8 Å². The lowest BCUT2D eigenvalue weighted by Gasteiger charge is -2.15. The van der Waals surface area contributed by atoms with Crippen LogP contribution in [0.4, 0.5) is 26.1 Å². The summed E-state index contributed by atoms with van der Waals surface area (Å²) in [4.78, 5) is 27.5. The Morgan fingerprint density at radius 1 is 1.22 bits per heavy atom. The van der Waals surface area contributed by atoms with Crippen LogP contribution in [0.2, 0.25) is 0 Å². The average molecular weight is 444 g/mol. The first-order valence-electron chi connectivity index (χ1n) is 10.0. The summed E-state index contributed by atoms with van der Waals surface area (Å²) >= 11 is 0. The van der Waals surface area contributed by atoms with E-state index in [-0.39, 0.29) is 24.1 Å². The van der Waals surface area contributed by atoms with E-state index in [2.05, 4.69) is 30.6 Å². The molecule has 168 valence electrons. The number of aryl methyl sites for hydroxylation is 1. The maximum absolute atomic E-state index is 13.8. The number of alkyl halides is 2. The van der Waals surface area contributed by atoms with Gasteiger partial charge in [-0.25, -0.2) is 19.9 Å². The number of hydrogen-bond donors (Lipinski definition) is 2. The number of oxazole rings is 1. The predicted octanol–water partition coefficient (Wildman–Crippen LogP) is 4.44. The normalized spacial score (nSPS) is 13.7. The highest BCUT2D eigenvalue weighted by Gasteiger charge is 2.29. The zero-order valence-corrected chi connectivity index (χ0v) is 17.8. The van der Waals surface area contributed by atoms with Gasteiger partial charge in [-0.2, -0.15) is 8.78 Å². The van der Waals surface area contributed by atoms with Gasteiger partial charge in [0.2, 0.25) is 11.7 Å². The smallest absolute Gasteiger partial charge is 0.303 e. The molecule has 3 aromatic heterocycles. The molecule has 3 heterocycles. The number of halogens is 2. The Labute approximate surface area is 182 Å². The monoisotopic (exact) mass is 444 g/mol. The highest BCUT2D eigenvalue weighted by molar-refractivity contribution is 5.88. The number of ether oxygens (including phenoxy) is 1. The van der Waals surface area contributed by atoms with E-state index in [1.54, 1.807) is 13.1 Å². The van der Waals surface area contributed by atoms with E-state index in [0.717, 1.165) is 19.8 Å². The van der Waals surface area contributed by atoms with Gasteiger partial charge in [0.15, 0.2) is 17.4 Å². The third-order valence-electron chi connectivity index (χ3n) is 4.55. The lowest BCUT2D eigenvalue weighted by Crippen LogP contribution is -2.14. The van der Waals surface area contributed by atoms with Gasteiger partial charge in [-0.3, -0.25) is 4.79 Å². The minimum absolute atomic E-state index is 0.0939. The Morgan fingerprint density at radius 3 is 2.69 bits per heavy atom. The van der Waals surface area contributed by atoms with Crippen LogP contribution >= 0.6 is 0 Å². The summed E-state index contributed by atoms with van der Waals surface area (Å²) in [5.74, 6) is -1.77. The molecule has 0 aromatic carbocycles. The Bertz CT molecular complexity index is 1140. The minimum Gasteiger partial charge on any atom is -0.482 e. The average Bonchev–Trinajstić information content (AvgIpc) is 3.44. The molecule has 1 aliphatic carbocycles. The lowest BCUT2D eigenvalue weighted by molar-refractivity contribution is -0.114. The van der Waals surface area contributed by atoms with Crippen LogP contribution in [0.1, 0.15) is 55.8 Å². The Kier molecular flexibility index (Phi) is 5.72. The van der Waals surface area contributed by atoms with Crippen molar-refractivity contribution in [3.63, 3.8) is 0 Å². The number of anilines is 3. The van der Waals surface area contributed by atoms with E-state index < -0.39 is 11.7 Å². The quantitative estimate of drug-likeness (QED) is 0.524. The van der Waals surface area contributed by atoms with Crippen molar-refractivity contribution in [2.24, 2.45) is 0 Å². The van der Waals surface area contributed by atoms with Crippen molar-refractivity contribution in [1.82, 2.24) is 19.9 Å². The van der Waals surface area contributed by atoms with Crippen LogP contribution in [0.25, 0.3) is 0 Å². The largest absolute Gasteiger partial charge is 0.482 e. The molecular formula is C21H22F2N6O3. The zero-order chi connectivity index (χ0) is 22.9. The molecular weight excluding hydrogens is 422 g/mol. The van der Waals surface area contributed by atoms with E-state index >= 15 is 0 Å². The molecule has 0 unspecified atom stereocenters. The van der Waals surface area contributed by atoms with Crippen LogP contribution in [0.15, 0.2) is 28.9 Å². The highest BCUT2D eigenvalue weighted by atomic mass is 19.3. The van der Waals surface area contributed by atoms with Crippen LogP contribution in [0, 0.1) is 6.92 Å². The predicted molar refractivity (Wildman–Crippen MR) is 111 cm³/mol. The van der Waals surface area contributed by atoms with Gasteiger partial charge < -0.3 is 19.8 Å². The summed E-state index contributed by atoms with van der Waals surface area (Å²) in [5, 5.41) is 5.54. The van der Waals surface area contributed by atoms with E-state index in [1.807, 2.05) is 0 Å². The van der Waals surface area contributed by atoms with E-state index in [0.29, 0.717) is 34.7 Å². The van der Waals surface area contributed by atoms with Gasteiger partial charge in [0.25, 0.3) is 0 Å². The molecule has 0 spiro atoms. The van der Waals surface area contributed by atoms with Crippen molar-refractivity contribution < 1.29 is 22.7 Å². The maximum Gasteiger partial charge on any atom is 0.303 e. The molecule has 0 aliphatic heterocycles. The fraction of sp³-hybridized carbons (Fsp3) is 0.381. The summed E-state index contributed by atoms with van der Waals surface area (Å²) in [5.41, 5.74) is 0.737. The van der Waals surface area contributed by atoms with Gasteiger partial charge in [-0.05, 0) is 19.8 Å². The van der Waals surface area contributed by atoms with Crippen molar-refractivity contribution >= 4 is 23.2 Å². The van der Waals surface area contributed by atoms with Gasteiger partial charge in [0.1, 0.15) is 18.2 Å². The molecule has 1 aliphatic rings. The fourth-order valence-corrected chi connectivity index (χ4v) is 2.93. The molecule has 2 N–H and O–H groups in total. The topological polar surface area (TPSA) is 115 Å². The molecule has 0 saturated heterocycles. The standard InChI is InChI=1S/C21H22F2N6O3/c1-11-6-18(29-20(26-11)21(3,22)23)28-15-7-17(27-12(2)30)24-9-16(15)31-10-14-8-25-19(32-14)13-4-5-13/h6-9,13H,4-5,10H2,1-3H3,(H2,24,26,27,28,29,30). The molecule has 4 rings (SSSR count). The maximum atomic E-state index is 13.8. The fourth-order valence-electron chi connectivity index (χ4n) is 2.93. The number of nitrogens with zero attached hydrogens (tertiary/aromatic N) is 4. The van der Waals surface area contributed by atoms with Gasteiger partial charge in [-0.15, -0.1) is 0 Å². The molecule has 9 nitrogen and oxygen atoms in total. The Balaban J connectivity index is 1.59. The van der Waals surface area contributed by atoms with Crippen LogP contribution in [0.3, 0.4) is 0 Å². The molecule has 1 amide bonds. The summed E-state index contributed by atoms with van der Waals surface area (Å²) in [6, 6.07) is 3.05. The van der Waals surface area contributed by atoms with E-state index in [1.165, 1.54) is 25.3 Å². The summed E-state index contributed by atoms with van der Waals surface area (Å²) < 4.78 is 39.0. The van der Waals surface area contributed by atoms with Crippen molar-refractivity contribution in [1.29, 1.82) is 0 Å². The first-order valence-corrected chi connectivity index (χ1v) is 10.0. The zero-order valence-electron chi connectivity index (χ0n) is 17.8. The molecule has 1 saturated carbocycles. The number of rotatable bonds is 8. The molecule has 0 radical (unpaired) electrons. The molecule has 1 fully saturated rings. The third kappa shape index (κ3) is 5.34. The number of carbonyl (C=O) groups is 1. The van der Waals surface area contributed by atoms with Gasteiger partial charge >= 0.3 is 5.92 Å². The second kappa shape index (κ2) is 8.48. The second-order valence-corrected chi connectivity index (χ2v) is 7.71. The Morgan fingerprint density at radius 2 is 2.00 bits per heavy atom. The number of hydrogen-bond acceptors (Lipinski definition) is 8. The molecule has 32 heavy (non-hydrogen) atoms. The first-order chi connectivity index (χ1) is 15.2. The van der Waals surface area contributed by atoms with Gasteiger partial charge in [-0.1, -0.05) is 0 Å². The number of nitrogens with one attached hydrogen (secondary N) is 2. The van der Waals surface area contributed by atoms with E-state index in [9.17, 15) is 13.6 Å². The van der Waals surface area contributed by atoms with E-state index in [4.69, 9.17) is 9.15 Å². The lowest BCUT2D eigenvalue weighted by atomic mass is 10.3. The van der Waals surface area contributed by atoms with Gasteiger partial charge in [0, 0.05) is 37.6 Å². The first kappa shape index (κ1) is 21.6. The second-order valence-electron chi connectivity index (χ2n) is 7.71. The molecule has 0 atom stereocenters. The van der Waals surface area contributed by atoms with Crippen LogP contribution < -0.4 is 15.4 Å². The number of carbonyl (C=O) groups excluding carboxylic acids is 1. The molecule has 3 aromatic rings.